The Morgan fingerprint density at radius 1 is 0.308 bits per heavy atom. The Morgan fingerprint density at radius 2 is 0.538 bits per heavy atom. The molecule has 0 amide bonds. The number of hydrogen-bond acceptors (Lipinski definition) is 2. The first-order valence-electron chi connectivity index (χ1n) is 24.7. The molecule has 2 heteroatoms. The van der Waals surface area contributed by atoms with Gasteiger partial charge in [0.15, 0.2) is 0 Å². The van der Waals surface area contributed by atoms with Crippen LogP contribution in [0.5, 0.6) is 0 Å². The van der Waals surface area contributed by atoms with Gasteiger partial charge in [-0.05, 0) is 51.4 Å². The Balaban J connectivity index is 5.97. The van der Waals surface area contributed by atoms with E-state index >= 15 is 0 Å². The summed E-state index contributed by atoms with van der Waals surface area (Å²) < 4.78 is 7.24. The van der Waals surface area contributed by atoms with E-state index in [0.717, 1.165) is 19.3 Å². The quantitative estimate of drug-likeness (QED) is 0.0461. The van der Waals surface area contributed by atoms with Gasteiger partial charge in [-0.2, -0.15) is 0 Å². The molecule has 0 aromatic carbocycles. The summed E-state index contributed by atoms with van der Waals surface area (Å²) >= 11 is 0. The smallest absolute Gasteiger partial charge is 0.306 e. The molecule has 0 spiro atoms. The Morgan fingerprint density at radius 3 is 0.846 bits per heavy atom. The van der Waals surface area contributed by atoms with E-state index in [9.17, 15) is 4.79 Å². The van der Waals surface area contributed by atoms with Crippen LogP contribution in [0.1, 0.15) is 305 Å². The summed E-state index contributed by atoms with van der Waals surface area (Å²) in [5.74, 6) is 0.142. The van der Waals surface area contributed by atoms with E-state index in [-0.39, 0.29) is 17.0 Å². The lowest BCUT2D eigenvalue weighted by Gasteiger charge is -2.52. The number of unbranched alkanes of at least 4 members (excludes halogenated alkanes) is 29. The number of carbonyl (C=O) groups excluding carboxylic acids is 1. The summed E-state index contributed by atoms with van der Waals surface area (Å²) in [6, 6.07) is 0. The van der Waals surface area contributed by atoms with Gasteiger partial charge in [0.05, 0.1) is 0 Å². The van der Waals surface area contributed by atoms with E-state index in [4.69, 9.17) is 4.74 Å². The second kappa shape index (κ2) is 38.7. The zero-order chi connectivity index (χ0) is 38.3. The highest BCUT2D eigenvalue weighted by atomic mass is 16.6. The van der Waals surface area contributed by atoms with Crippen molar-refractivity contribution in [2.45, 2.75) is 310 Å². The van der Waals surface area contributed by atoms with Crippen molar-refractivity contribution in [2.24, 2.45) is 5.41 Å². The maximum atomic E-state index is 14.2. The zero-order valence-electron chi connectivity index (χ0n) is 37.3. The van der Waals surface area contributed by atoms with E-state index in [1.54, 1.807) is 0 Å². The summed E-state index contributed by atoms with van der Waals surface area (Å²) in [7, 11) is 0. The summed E-state index contributed by atoms with van der Waals surface area (Å²) in [4.78, 5) is 14.2. The van der Waals surface area contributed by atoms with Gasteiger partial charge in [-0.25, -0.2) is 0 Å². The van der Waals surface area contributed by atoms with Gasteiger partial charge < -0.3 is 4.74 Å². The number of esters is 1. The molecule has 0 aliphatic rings. The fourth-order valence-electron chi connectivity index (χ4n) is 9.18. The second-order valence-electron chi connectivity index (χ2n) is 17.5. The molecule has 52 heavy (non-hydrogen) atoms. The van der Waals surface area contributed by atoms with Crippen molar-refractivity contribution in [3.05, 3.63) is 0 Å². The molecular formula is C50H100O2. The molecule has 0 fully saturated rings. The molecule has 0 aliphatic heterocycles. The lowest BCUT2D eigenvalue weighted by atomic mass is 9.59. The second-order valence-corrected chi connectivity index (χ2v) is 17.5. The van der Waals surface area contributed by atoms with Crippen molar-refractivity contribution in [1.29, 1.82) is 0 Å². The number of carbonyl (C=O) groups is 1. The third-order valence-electron chi connectivity index (χ3n) is 12.7. The standard InChI is InChI=1S/C50H100O2/c1-7-13-19-25-27-28-29-30-31-32-33-34-36-42-48(51)52-50(46-40-23-17-11-5,47-41-24-18-12-6)49(43-37-21-15-9-3,44-38-22-16-10-4)45-39-35-26-20-14-8-2/h7-47H2,1-6H3. The maximum Gasteiger partial charge on any atom is 0.306 e. The molecule has 0 unspecified atom stereocenters. The van der Waals surface area contributed by atoms with Gasteiger partial charge in [0, 0.05) is 11.8 Å². The summed E-state index contributed by atoms with van der Waals surface area (Å²) in [5.41, 5.74) is -0.159. The molecule has 0 bridgehead atoms. The molecule has 0 heterocycles. The molecule has 2 nitrogen and oxygen atoms in total. The summed E-state index contributed by atoms with van der Waals surface area (Å²) in [6.07, 6.45) is 52.8. The minimum absolute atomic E-state index is 0.128. The topological polar surface area (TPSA) is 26.3 Å². The van der Waals surface area contributed by atoms with E-state index < -0.39 is 0 Å². The lowest BCUT2D eigenvalue weighted by Crippen LogP contribution is -2.52. The van der Waals surface area contributed by atoms with Gasteiger partial charge in [0.25, 0.3) is 0 Å². The fraction of sp³-hybridized carbons (Fsp3) is 0.980. The first-order chi connectivity index (χ1) is 25.5. The average molecular weight is 733 g/mol. The molecule has 0 aromatic rings. The molecule has 0 atom stereocenters. The zero-order valence-corrected chi connectivity index (χ0v) is 37.3. The molecule has 0 radical (unpaired) electrons. The van der Waals surface area contributed by atoms with Gasteiger partial charge in [-0.1, -0.05) is 247 Å². The van der Waals surface area contributed by atoms with Gasteiger partial charge in [-0.15, -0.1) is 0 Å². The highest BCUT2D eigenvalue weighted by molar-refractivity contribution is 5.70. The van der Waals surface area contributed by atoms with Crippen LogP contribution in [0.25, 0.3) is 0 Å². The highest BCUT2D eigenvalue weighted by Gasteiger charge is 2.51. The van der Waals surface area contributed by atoms with Crippen LogP contribution in [0.4, 0.5) is 0 Å². The van der Waals surface area contributed by atoms with Crippen LogP contribution in [0.15, 0.2) is 0 Å². The van der Waals surface area contributed by atoms with E-state index in [0.29, 0.717) is 6.42 Å². The van der Waals surface area contributed by atoms with Crippen molar-refractivity contribution in [3.63, 3.8) is 0 Å². The van der Waals surface area contributed by atoms with Crippen LogP contribution in [0.3, 0.4) is 0 Å². The predicted molar refractivity (Wildman–Crippen MR) is 235 cm³/mol. The maximum absolute atomic E-state index is 14.2. The highest BCUT2D eigenvalue weighted by Crippen LogP contribution is 2.53. The predicted octanol–water partition coefficient (Wildman–Crippen LogP) is 18.4. The SMILES string of the molecule is CCCCCCCCCCCCCCCC(=O)OC(CCCCCC)(CCCCCC)C(CCCCCC)(CCCCCC)CCCCCCCC. The van der Waals surface area contributed by atoms with Crippen LogP contribution in [0, 0.1) is 5.41 Å². The fourth-order valence-corrected chi connectivity index (χ4v) is 9.18. The molecule has 0 N–H and O–H groups in total. The molecule has 0 saturated heterocycles. The van der Waals surface area contributed by atoms with Crippen LogP contribution < -0.4 is 0 Å². The van der Waals surface area contributed by atoms with Gasteiger partial charge in [0.1, 0.15) is 5.60 Å². The van der Waals surface area contributed by atoms with E-state index in [1.807, 2.05) is 0 Å². The van der Waals surface area contributed by atoms with Crippen molar-refractivity contribution < 1.29 is 9.53 Å². The first kappa shape index (κ1) is 51.5. The molecule has 0 saturated carbocycles. The number of hydrogen-bond donors (Lipinski definition) is 0. The molecular weight excluding hydrogens is 633 g/mol. The Hall–Kier alpha value is -0.530. The first-order valence-corrected chi connectivity index (χ1v) is 24.7. The third kappa shape index (κ3) is 27.1. The monoisotopic (exact) mass is 733 g/mol. The van der Waals surface area contributed by atoms with Gasteiger partial charge in [0.2, 0.25) is 0 Å². The van der Waals surface area contributed by atoms with Gasteiger partial charge >= 0.3 is 5.97 Å². The molecule has 0 aromatic heterocycles. The van der Waals surface area contributed by atoms with Crippen molar-refractivity contribution in [2.75, 3.05) is 0 Å². The van der Waals surface area contributed by atoms with Gasteiger partial charge in [-0.3, -0.25) is 4.79 Å². The average Bonchev–Trinajstić information content (AvgIpc) is 3.15. The van der Waals surface area contributed by atoms with Crippen LogP contribution in [-0.4, -0.2) is 11.6 Å². The Kier molecular flexibility index (Phi) is 38.3. The Labute approximate surface area is 330 Å². The molecule has 312 valence electrons. The molecule has 0 aliphatic carbocycles. The normalized spacial score (nSPS) is 12.2. The summed E-state index contributed by atoms with van der Waals surface area (Å²) in [6.45, 7) is 14.0. The van der Waals surface area contributed by atoms with Crippen molar-refractivity contribution >= 4 is 5.97 Å². The summed E-state index contributed by atoms with van der Waals surface area (Å²) in [5, 5.41) is 0. The molecule has 0 rings (SSSR count). The van der Waals surface area contributed by atoms with Crippen molar-refractivity contribution in [1.82, 2.24) is 0 Å². The van der Waals surface area contributed by atoms with Crippen LogP contribution >= 0.6 is 0 Å². The largest absolute Gasteiger partial charge is 0.458 e. The Bertz CT molecular complexity index is 689. The minimum atomic E-state index is -0.288. The third-order valence-corrected chi connectivity index (χ3v) is 12.7. The van der Waals surface area contributed by atoms with Crippen LogP contribution in [-0.2, 0) is 9.53 Å². The number of rotatable bonds is 43. The minimum Gasteiger partial charge on any atom is -0.458 e. The van der Waals surface area contributed by atoms with Crippen LogP contribution in [0.2, 0.25) is 0 Å². The number of ether oxygens (including phenoxy) is 1. The van der Waals surface area contributed by atoms with Crippen molar-refractivity contribution in [3.8, 4) is 0 Å². The lowest BCUT2D eigenvalue weighted by molar-refractivity contribution is -0.188. The van der Waals surface area contributed by atoms with E-state index in [2.05, 4.69) is 41.5 Å². The van der Waals surface area contributed by atoms with E-state index in [1.165, 1.54) is 238 Å².